The predicted molar refractivity (Wildman–Crippen MR) is 69.9 cm³/mol. The van der Waals surface area contributed by atoms with Crippen LogP contribution >= 0.6 is 0 Å². The Bertz CT molecular complexity index is 537. The summed E-state index contributed by atoms with van der Waals surface area (Å²) in [5, 5.41) is 3.29. The Kier molecular flexibility index (Phi) is 3.55. The van der Waals surface area contributed by atoms with Gasteiger partial charge in [0.25, 0.3) is 0 Å². The average molecular weight is 245 g/mol. The van der Waals surface area contributed by atoms with Gasteiger partial charge in [-0.15, -0.1) is 0 Å². The van der Waals surface area contributed by atoms with Crippen LogP contribution in [0, 0.1) is 19.7 Å². The zero-order valence-corrected chi connectivity index (χ0v) is 10.7. The minimum Gasteiger partial charge on any atom is -0.362 e. The van der Waals surface area contributed by atoms with Crippen LogP contribution in [0.2, 0.25) is 0 Å². The molecule has 1 atom stereocenters. The molecule has 0 saturated heterocycles. The van der Waals surface area contributed by atoms with Crippen LogP contribution in [-0.2, 0) is 0 Å². The number of nitrogens with zero attached hydrogens (tertiary/aromatic N) is 2. The van der Waals surface area contributed by atoms with Crippen molar-refractivity contribution in [1.29, 1.82) is 0 Å². The van der Waals surface area contributed by atoms with Crippen LogP contribution in [0.5, 0.6) is 0 Å². The second-order valence-corrected chi connectivity index (χ2v) is 4.36. The van der Waals surface area contributed by atoms with Gasteiger partial charge in [0.1, 0.15) is 11.6 Å². The summed E-state index contributed by atoms with van der Waals surface area (Å²) in [6, 6.07) is 6.52. The molecule has 0 fully saturated rings. The lowest BCUT2D eigenvalue weighted by Gasteiger charge is -2.16. The molecule has 1 N–H and O–H groups in total. The van der Waals surface area contributed by atoms with Crippen molar-refractivity contribution in [2.75, 3.05) is 5.32 Å². The smallest absolute Gasteiger partial charge is 0.148 e. The van der Waals surface area contributed by atoms with Crippen molar-refractivity contribution >= 4 is 5.82 Å². The van der Waals surface area contributed by atoms with Gasteiger partial charge in [0.15, 0.2) is 0 Å². The monoisotopic (exact) mass is 245 g/mol. The minimum absolute atomic E-state index is 0.0559. The van der Waals surface area contributed by atoms with Gasteiger partial charge in [0.2, 0.25) is 0 Å². The predicted octanol–water partition coefficient (Wildman–Crippen LogP) is 3.41. The first-order chi connectivity index (χ1) is 8.56. The number of anilines is 1. The number of aryl methyl sites for hydroxylation is 2. The lowest BCUT2D eigenvalue weighted by Crippen LogP contribution is -2.10. The number of hydrogen-bond acceptors (Lipinski definition) is 3. The van der Waals surface area contributed by atoms with Crippen LogP contribution in [0.4, 0.5) is 10.2 Å². The summed E-state index contributed by atoms with van der Waals surface area (Å²) in [6.45, 7) is 5.82. The molecule has 2 aromatic rings. The number of hydrogen-bond donors (Lipinski definition) is 1. The van der Waals surface area contributed by atoms with E-state index in [4.69, 9.17) is 0 Å². The maximum atomic E-state index is 12.9. The van der Waals surface area contributed by atoms with Gasteiger partial charge < -0.3 is 5.32 Å². The summed E-state index contributed by atoms with van der Waals surface area (Å²) in [5.74, 6) is 0.546. The maximum Gasteiger partial charge on any atom is 0.148 e. The molecule has 0 bridgehead atoms. The molecule has 0 saturated carbocycles. The lowest BCUT2D eigenvalue weighted by atomic mass is 10.1. The molecule has 3 nitrogen and oxygen atoms in total. The fraction of sp³-hybridized carbons (Fsp3) is 0.286. The van der Waals surface area contributed by atoms with Gasteiger partial charge >= 0.3 is 0 Å². The first kappa shape index (κ1) is 12.5. The number of halogens is 1. The molecule has 1 aromatic carbocycles. The summed E-state index contributed by atoms with van der Waals surface area (Å²) in [4.78, 5) is 8.66. The van der Waals surface area contributed by atoms with E-state index in [1.54, 1.807) is 18.3 Å². The molecule has 4 heteroatoms. The Morgan fingerprint density at radius 1 is 1.17 bits per heavy atom. The van der Waals surface area contributed by atoms with Crippen molar-refractivity contribution in [3.05, 3.63) is 53.2 Å². The Morgan fingerprint density at radius 2 is 1.83 bits per heavy atom. The molecule has 18 heavy (non-hydrogen) atoms. The zero-order chi connectivity index (χ0) is 13.1. The van der Waals surface area contributed by atoms with E-state index >= 15 is 0 Å². The van der Waals surface area contributed by atoms with E-state index in [2.05, 4.69) is 15.3 Å². The van der Waals surface area contributed by atoms with Gasteiger partial charge in [-0.05, 0) is 38.5 Å². The lowest BCUT2D eigenvalue weighted by molar-refractivity contribution is 0.626. The highest BCUT2D eigenvalue weighted by atomic mass is 19.1. The third-order valence-corrected chi connectivity index (χ3v) is 2.80. The fourth-order valence-corrected chi connectivity index (χ4v) is 1.71. The highest BCUT2D eigenvalue weighted by Gasteiger charge is 2.08. The molecule has 1 heterocycles. The highest BCUT2D eigenvalue weighted by molar-refractivity contribution is 5.42. The van der Waals surface area contributed by atoms with Gasteiger partial charge in [-0.2, -0.15) is 0 Å². The van der Waals surface area contributed by atoms with Crippen molar-refractivity contribution < 1.29 is 4.39 Å². The average Bonchev–Trinajstić information content (AvgIpc) is 2.34. The van der Waals surface area contributed by atoms with Gasteiger partial charge in [-0.1, -0.05) is 12.1 Å². The van der Waals surface area contributed by atoms with Crippen LogP contribution in [-0.4, -0.2) is 9.97 Å². The first-order valence-corrected chi connectivity index (χ1v) is 5.88. The standard InChI is InChI=1S/C14H16FN3/c1-9-8-16-11(3)14(17-9)18-10(2)12-4-6-13(15)7-5-12/h4-8,10H,1-3H3,(H,17,18)/t10-/m1/s1. The maximum absolute atomic E-state index is 12.9. The molecular weight excluding hydrogens is 229 g/mol. The summed E-state index contributed by atoms with van der Waals surface area (Å²) >= 11 is 0. The van der Waals surface area contributed by atoms with E-state index in [-0.39, 0.29) is 11.9 Å². The molecule has 0 unspecified atom stereocenters. The van der Waals surface area contributed by atoms with Crippen LogP contribution in [0.1, 0.15) is 29.9 Å². The normalized spacial score (nSPS) is 12.2. The molecule has 1 aromatic heterocycles. The van der Waals surface area contributed by atoms with Gasteiger partial charge in [-0.25, -0.2) is 9.37 Å². The first-order valence-electron chi connectivity index (χ1n) is 5.88. The fourth-order valence-electron chi connectivity index (χ4n) is 1.71. The molecule has 0 aliphatic rings. The quantitative estimate of drug-likeness (QED) is 0.900. The molecule has 0 spiro atoms. The second kappa shape index (κ2) is 5.12. The largest absolute Gasteiger partial charge is 0.362 e. The second-order valence-electron chi connectivity index (χ2n) is 4.36. The zero-order valence-electron chi connectivity index (χ0n) is 10.7. The number of rotatable bonds is 3. The summed E-state index contributed by atoms with van der Waals surface area (Å²) in [6.07, 6.45) is 1.74. The topological polar surface area (TPSA) is 37.8 Å². The molecule has 0 aliphatic carbocycles. The van der Waals surface area contributed by atoms with Crippen LogP contribution in [0.3, 0.4) is 0 Å². The molecule has 2 rings (SSSR count). The van der Waals surface area contributed by atoms with Gasteiger partial charge in [0, 0.05) is 6.20 Å². The Labute approximate surface area is 106 Å². The number of benzene rings is 1. The number of nitrogens with one attached hydrogen (secondary N) is 1. The number of aromatic nitrogens is 2. The molecule has 0 radical (unpaired) electrons. The third-order valence-electron chi connectivity index (χ3n) is 2.80. The van der Waals surface area contributed by atoms with Crippen LogP contribution in [0.25, 0.3) is 0 Å². The Morgan fingerprint density at radius 3 is 2.50 bits per heavy atom. The summed E-state index contributed by atoms with van der Waals surface area (Å²) < 4.78 is 12.9. The van der Waals surface area contributed by atoms with E-state index in [1.165, 1.54) is 12.1 Å². The SMILES string of the molecule is Cc1cnc(C)c(N[C@H](C)c2ccc(F)cc2)n1. The van der Waals surface area contributed by atoms with Crippen molar-refractivity contribution in [2.24, 2.45) is 0 Å². The summed E-state index contributed by atoms with van der Waals surface area (Å²) in [5.41, 5.74) is 2.74. The van der Waals surface area contributed by atoms with E-state index < -0.39 is 0 Å². The van der Waals surface area contributed by atoms with E-state index in [1.807, 2.05) is 20.8 Å². The van der Waals surface area contributed by atoms with Gasteiger partial charge in [-0.3, -0.25) is 4.98 Å². The Hall–Kier alpha value is -1.97. The van der Waals surface area contributed by atoms with Crippen molar-refractivity contribution in [3.63, 3.8) is 0 Å². The molecular formula is C14H16FN3. The van der Waals surface area contributed by atoms with E-state index in [0.29, 0.717) is 0 Å². The third kappa shape index (κ3) is 2.83. The molecule has 0 aliphatic heterocycles. The molecule has 94 valence electrons. The Balaban J connectivity index is 2.18. The van der Waals surface area contributed by atoms with Crippen LogP contribution < -0.4 is 5.32 Å². The van der Waals surface area contributed by atoms with Crippen LogP contribution in [0.15, 0.2) is 30.5 Å². The summed E-state index contributed by atoms with van der Waals surface area (Å²) in [7, 11) is 0. The minimum atomic E-state index is -0.225. The van der Waals surface area contributed by atoms with Crippen molar-refractivity contribution in [3.8, 4) is 0 Å². The van der Waals surface area contributed by atoms with E-state index in [0.717, 1.165) is 22.8 Å². The van der Waals surface area contributed by atoms with E-state index in [9.17, 15) is 4.39 Å². The van der Waals surface area contributed by atoms with Crippen molar-refractivity contribution in [1.82, 2.24) is 9.97 Å². The van der Waals surface area contributed by atoms with Crippen molar-refractivity contribution in [2.45, 2.75) is 26.8 Å². The molecule has 0 amide bonds. The van der Waals surface area contributed by atoms with Gasteiger partial charge in [0.05, 0.1) is 17.4 Å². The highest BCUT2D eigenvalue weighted by Crippen LogP contribution is 2.19.